The van der Waals surface area contributed by atoms with Gasteiger partial charge in [-0.3, -0.25) is 4.52 Å². The predicted molar refractivity (Wildman–Crippen MR) is 163 cm³/mol. The largest absolute Gasteiger partial charge is 0.481 e. The molecule has 0 spiro atoms. The third-order valence-electron chi connectivity index (χ3n) is 6.10. The van der Waals surface area contributed by atoms with Crippen LogP contribution in [0.5, 0.6) is 0 Å². The summed E-state index contributed by atoms with van der Waals surface area (Å²) in [5.74, 6) is 0. The first-order chi connectivity index (χ1) is 18.1. The van der Waals surface area contributed by atoms with Crippen molar-refractivity contribution in [2.75, 3.05) is 6.61 Å². The van der Waals surface area contributed by atoms with Crippen molar-refractivity contribution in [1.29, 1.82) is 0 Å². The molecule has 0 saturated carbocycles. The van der Waals surface area contributed by atoms with Crippen LogP contribution in [0.15, 0.2) is 69.9 Å². The van der Waals surface area contributed by atoms with Crippen molar-refractivity contribution in [3.05, 3.63) is 69.9 Å². The maximum atomic E-state index is 11.4. The molecule has 3 N–H and O–H groups in total. The second kappa shape index (κ2) is 20.6. The van der Waals surface area contributed by atoms with E-state index in [1.807, 2.05) is 6.92 Å². The van der Waals surface area contributed by atoms with Gasteiger partial charge in [-0.15, -0.1) is 0 Å². The van der Waals surface area contributed by atoms with E-state index in [2.05, 4.69) is 80.8 Å². The average Bonchev–Trinajstić information content (AvgIpc) is 2.77. The number of phosphoric acid groups is 2. The maximum Gasteiger partial charge on any atom is 0.481 e. The fourth-order valence-corrected chi connectivity index (χ4v) is 5.24. The van der Waals surface area contributed by atoms with E-state index in [-0.39, 0.29) is 6.61 Å². The van der Waals surface area contributed by atoms with Gasteiger partial charge in [-0.2, -0.15) is 4.31 Å². The Labute approximate surface area is 237 Å². The summed E-state index contributed by atoms with van der Waals surface area (Å²) in [5.41, 5.74) is 8.02. The minimum Gasteiger partial charge on any atom is -0.302 e. The van der Waals surface area contributed by atoms with E-state index in [0.717, 1.165) is 69.8 Å². The minimum atomic E-state index is -5.09. The summed E-state index contributed by atoms with van der Waals surface area (Å²) in [4.78, 5) is 26.4. The summed E-state index contributed by atoms with van der Waals surface area (Å²) in [5, 5.41) is 0. The van der Waals surface area contributed by atoms with E-state index in [4.69, 9.17) is 9.79 Å². The fraction of sp³-hybridized carbons (Fsp3) is 0.600. The second-order valence-electron chi connectivity index (χ2n) is 10.6. The molecule has 0 heterocycles. The topological polar surface area (TPSA) is 113 Å². The Hall–Kier alpha value is -1.30. The monoisotopic (exact) mass is 586 g/mol. The number of hydrogen-bond donors (Lipinski definition) is 3. The first-order valence-electron chi connectivity index (χ1n) is 13.8. The molecule has 0 aliphatic heterocycles. The maximum absolute atomic E-state index is 11.4. The van der Waals surface area contributed by atoms with E-state index in [9.17, 15) is 14.0 Å². The molecule has 1 unspecified atom stereocenters. The molecule has 0 rings (SSSR count). The van der Waals surface area contributed by atoms with Crippen molar-refractivity contribution >= 4 is 15.6 Å². The molecule has 0 aromatic heterocycles. The summed E-state index contributed by atoms with van der Waals surface area (Å²) < 4.78 is 30.4. The van der Waals surface area contributed by atoms with Crippen LogP contribution in [0.25, 0.3) is 0 Å². The lowest BCUT2D eigenvalue weighted by molar-refractivity contribution is 0.191. The highest BCUT2D eigenvalue weighted by Gasteiger charge is 2.31. The standard InChI is InChI=1S/C30H52O7P2/c1-25(2)13-8-14-26(3)15-9-16-27(4)17-10-18-28(5)19-11-20-29(6)21-12-22-30(7)23-24-36-39(34,35)37-38(31,32)33/h13,15,17,19,21,23H,8-12,14,16,18,20,22,24H2,1-7H3,(H,34,35)(H2,31,32,33)/b26-15+,27-17+,28-19-,29-21-,30-23-. The molecule has 0 fully saturated rings. The Morgan fingerprint density at radius 1 is 0.538 bits per heavy atom. The Balaban J connectivity index is 4.24. The molecule has 0 amide bonds. The molecule has 0 radical (unpaired) electrons. The van der Waals surface area contributed by atoms with Gasteiger partial charge in [0.15, 0.2) is 0 Å². The molecule has 0 aromatic rings. The van der Waals surface area contributed by atoms with E-state index in [0.29, 0.717) is 0 Å². The van der Waals surface area contributed by atoms with E-state index in [1.54, 1.807) is 6.08 Å². The lowest BCUT2D eigenvalue weighted by Gasteiger charge is -2.11. The van der Waals surface area contributed by atoms with Gasteiger partial charge in [-0.05, 0) is 113 Å². The average molecular weight is 587 g/mol. The van der Waals surface area contributed by atoms with Gasteiger partial charge in [0.25, 0.3) is 0 Å². The van der Waals surface area contributed by atoms with Gasteiger partial charge in [0.05, 0.1) is 6.61 Å². The third-order valence-corrected chi connectivity index (χ3v) is 8.25. The van der Waals surface area contributed by atoms with E-state index < -0.39 is 15.6 Å². The highest BCUT2D eigenvalue weighted by Crippen LogP contribution is 2.57. The van der Waals surface area contributed by atoms with Crippen LogP contribution in [0.2, 0.25) is 0 Å². The summed E-state index contributed by atoms with van der Waals surface area (Å²) in [6, 6.07) is 0. The predicted octanol–water partition coefficient (Wildman–Crippen LogP) is 9.81. The molecule has 7 nitrogen and oxygen atoms in total. The van der Waals surface area contributed by atoms with Crippen LogP contribution in [0.4, 0.5) is 0 Å². The lowest BCUT2D eigenvalue weighted by Crippen LogP contribution is -1.94. The van der Waals surface area contributed by atoms with Gasteiger partial charge >= 0.3 is 15.6 Å². The molecule has 0 aliphatic carbocycles. The van der Waals surface area contributed by atoms with Crippen molar-refractivity contribution in [3.63, 3.8) is 0 Å². The SMILES string of the molecule is CC(C)=CCC/C(C)=C/CC/C(C)=C/CC/C(C)=C\CC/C(C)=C\CC/C(C)=C\COP(=O)(O)OP(=O)(O)O. The molecule has 224 valence electrons. The number of hydrogen-bond acceptors (Lipinski definition) is 4. The van der Waals surface area contributed by atoms with Crippen molar-refractivity contribution in [2.45, 2.75) is 113 Å². The van der Waals surface area contributed by atoms with Gasteiger partial charge < -0.3 is 14.7 Å². The molecular weight excluding hydrogens is 534 g/mol. The smallest absolute Gasteiger partial charge is 0.302 e. The normalized spacial score (nSPS) is 15.9. The lowest BCUT2D eigenvalue weighted by atomic mass is 10.0. The molecule has 0 bridgehead atoms. The van der Waals surface area contributed by atoms with Gasteiger partial charge in [-0.1, -0.05) is 69.9 Å². The summed E-state index contributed by atoms with van der Waals surface area (Å²) in [6.07, 6.45) is 23.5. The number of rotatable bonds is 20. The molecule has 1 atom stereocenters. The second-order valence-corrected chi connectivity index (χ2v) is 13.4. The Bertz CT molecular complexity index is 1010. The van der Waals surface area contributed by atoms with E-state index >= 15 is 0 Å². The summed E-state index contributed by atoms with van der Waals surface area (Å²) in [7, 11) is -9.88. The van der Waals surface area contributed by atoms with Crippen LogP contribution in [0.1, 0.15) is 113 Å². The van der Waals surface area contributed by atoms with Crippen molar-refractivity contribution < 1.29 is 32.6 Å². The van der Waals surface area contributed by atoms with Gasteiger partial charge in [0, 0.05) is 0 Å². The molecular formula is C30H52O7P2. The zero-order valence-electron chi connectivity index (χ0n) is 25.1. The van der Waals surface area contributed by atoms with Crippen molar-refractivity contribution in [3.8, 4) is 0 Å². The Morgan fingerprint density at radius 2 is 0.846 bits per heavy atom. The zero-order chi connectivity index (χ0) is 29.9. The quantitative estimate of drug-likeness (QED) is 0.0961. The van der Waals surface area contributed by atoms with Gasteiger partial charge in [0.1, 0.15) is 0 Å². The first-order valence-corrected chi connectivity index (χ1v) is 16.8. The summed E-state index contributed by atoms with van der Waals surface area (Å²) in [6.45, 7) is 14.7. The molecule has 0 aliphatic rings. The number of phosphoric ester groups is 1. The van der Waals surface area contributed by atoms with Gasteiger partial charge in [0.2, 0.25) is 0 Å². The van der Waals surface area contributed by atoms with Crippen LogP contribution < -0.4 is 0 Å². The molecule has 0 saturated heterocycles. The fourth-order valence-electron chi connectivity index (χ4n) is 3.72. The van der Waals surface area contributed by atoms with Crippen LogP contribution in [-0.4, -0.2) is 21.3 Å². The van der Waals surface area contributed by atoms with E-state index in [1.165, 1.54) is 27.9 Å². The highest BCUT2D eigenvalue weighted by molar-refractivity contribution is 7.60. The van der Waals surface area contributed by atoms with Crippen molar-refractivity contribution in [1.82, 2.24) is 0 Å². The van der Waals surface area contributed by atoms with Crippen LogP contribution in [0.3, 0.4) is 0 Å². The first kappa shape index (κ1) is 37.7. The Kier molecular flexibility index (Phi) is 19.9. The van der Waals surface area contributed by atoms with Crippen LogP contribution >= 0.6 is 15.6 Å². The van der Waals surface area contributed by atoms with Crippen LogP contribution in [0, 0.1) is 0 Å². The van der Waals surface area contributed by atoms with Crippen molar-refractivity contribution in [2.24, 2.45) is 0 Å². The highest BCUT2D eigenvalue weighted by atomic mass is 31.3. The Morgan fingerprint density at radius 3 is 1.15 bits per heavy atom. The molecule has 39 heavy (non-hydrogen) atoms. The molecule has 9 heteroatoms. The van der Waals surface area contributed by atoms with Crippen LogP contribution in [-0.2, 0) is 18.0 Å². The third kappa shape index (κ3) is 25.4. The summed E-state index contributed by atoms with van der Waals surface area (Å²) >= 11 is 0. The zero-order valence-corrected chi connectivity index (χ0v) is 26.9. The van der Waals surface area contributed by atoms with Gasteiger partial charge in [-0.25, -0.2) is 9.13 Å². The molecule has 0 aromatic carbocycles. The minimum absolute atomic E-state index is 0.269. The number of allylic oxidation sites excluding steroid dienone is 11.